The van der Waals surface area contributed by atoms with Crippen LogP contribution in [0.2, 0.25) is 0 Å². The van der Waals surface area contributed by atoms with Crippen molar-refractivity contribution in [2.75, 3.05) is 16.0 Å². The number of rotatable bonds is 4. The fraction of sp³-hybridized carbons (Fsp3) is 0.130. The van der Waals surface area contributed by atoms with Gasteiger partial charge in [-0.2, -0.15) is 0 Å². The van der Waals surface area contributed by atoms with Crippen LogP contribution in [0.3, 0.4) is 0 Å². The number of nitrogens with zero attached hydrogens (tertiary/aromatic N) is 1. The van der Waals surface area contributed by atoms with Gasteiger partial charge >= 0.3 is 0 Å². The summed E-state index contributed by atoms with van der Waals surface area (Å²) in [6.45, 7) is 1.85. The van der Waals surface area contributed by atoms with Crippen LogP contribution in [0.15, 0.2) is 66.7 Å². The Balaban J connectivity index is 1.54. The van der Waals surface area contributed by atoms with Gasteiger partial charge in [0, 0.05) is 11.3 Å². The number of hydrogen-bond donors (Lipinski definition) is 1. The van der Waals surface area contributed by atoms with Gasteiger partial charge in [0.25, 0.3) is 5.91 Å². The number of halogens is 2. The molecule has 2 amide bonds. The van der Waals surface area contributed by atoms with Gasteiger partial charge in [0.2, 0.25) is 5.91 Å². The predicted octanol–water partition coefficient (Wildman–Crippen LogP) is 5.30. The third kappa shape index (κ3) is 4.07. The first kappa shape index (κ1) is 20.1. The maximum atomic E-state index is 14.4. The molecular weight excluding hydrogens is 406 g/mol. The largest absolute Gasteiger partial charge is 0.322 e. The van der Waals surface area contributed by atoms with Crippen LogP contribution in [0, 0.1) is 18.6 Å². The van der Waals surface area contributed by atoms with Crippen LogP contribution in [0.25, 0.3) is 0 Å². The summed E-state index contributed by atoms with van der Waals surface area (Å²) in [7, 11) is 0. The Hall–Kier alpha value is -3.19. The zero-order chi connectivity index (χ0) is 21.3. The Morgan fingerprint density at radius 2 is 1.73 bits per heavy atom. The van der Waals surface area contributed by atoms with Crippen molar-refractivity contribution >= 4 is 35.0 Å². The zero-order valence-electron chi connectivity index (χ0n) is 16.1. The first-order valence-corrected chi connectivity index (χ1v) is 10.3. The molecule has 0 radical (unpaired) electrons. The standard InChI is InChI=1S/C23H18F2N2O2S/c1-14-2-11-19(25)20(12-14)27-21(28)13-30-23(27)16-5-9-18(10-6-16)26-22(29)15-3-7-17(24)8-4-15/h2-12,23H,13H2,1H3,(H,26,29)/t23-/m1/s1. The van der Waals surface area contributed by atoms with Gasteiger partial charge in [-0.3, -0.25) is 14.5 Å². The van der Waals surface area contributed by atoms with Gasteiger partial charge in [0.1, 0.15) is 17.0 Å². The molecule has 0 bridgehead atoms. The number of carbonyl (C=O) groups is 2. The van der Waals surface area contributed by atoms with Gasteiger partial charge in [-0.1, -0.05) is 18.2 Å². The first-order valence-electron chi connectivity index (χ1n) is 9.29. The van der Waals surface area contributed by atoms with E-state index in [1.54, 1.807) is 36.4 Å². The fourth-order valence-corrected chi connectivity index (χ4v) is 4.44. The van der Waals surface area contributed by atoms with E-state index >= 15 is 0 Å². The van der Waals surface area contributed by atoms with Crippen molar-refractivity contribution in [3.63, 3.8) is 0 Å². The number of hydrogen-bond acceptors (Lipinski definition) is 3. The van der Waals surface area contributed by atoms with Gasteiger partial charge in [-0.15, -0.1) is 11.8 Å². The molecule has 1 N–H and O–H groups in total. The average Bonchev–Trinajstić information content (AvgIpc) is 3.12. The van der Waals surface area contributed by atoms with Crippen molar-refractivity contribution in [2.24, 2.45) is 0 Å². The van der Waals surface area contributed by atoms with E-state index < -0.39 is 11.6 Å². The van der Waals surface area contributed by atoms with Crippen molar-refractivity contribution in [1.29, 1.82) is 0 Å². The van der Waals surface area contributed by atoms with Gasteiger partial charge in [-0.25, -0.2) is 8.78 Å². The summed E-state index contributed by atoms with van der Waals surface area (Å²) >= 11 is 1.43. The molecule has 1 atom stereocenters. The van der Waals surface area contributed by atoms with Crippen LogP contribution in [0.4, 0.5) is 20.2 Å². The zero-order valence-corrected chi connectivity index (χ0v) is 16.9. The van der Waals surface area contributed by atoms with E-state index in [1.807, 2.05) is 6.92 Å². The molecule has 0 spiro atoms. The summed E-state index contributed by atoms with van der Waals surface area (Å²) < 4.78 is 27.4. The highest BCUT2D eigenvalue weighted by Crippen LogP contribution is 2.43. The normalized spacial score (nSPS) is 16.0. The van der Waals surface area contributed by atoms with Crippen molar-refractivity contribution in [3.8, 4) is 0 Å². The van der Waals surface area contributed by atoms with Crippen LogP contribution in [0.1, 0.15) is 26.9 Å². The second-order valence-electron chi connectivity index (χ2n) is 6.96. The molecule has 0 aliphatic carbocycles. The van der Waals surface area contributed by atoms with E-state index in [2.05, 4.69) is 5.32 Å². The van der Waals surface area contributed by atoms with E-state index in [1.165, 1.54) is 47.0 Å². The van der Waals surface area contributed by atoms with Gasteiger partial charge < -0.3 is 5.32 Å². The lowest BCUT2D eigenvalue weighted by Crippen LogP contribution is -2.28. The van der Waals surface area contributed by atoms with Crippen LogP contribution in [-0.4, -0.2) is 17.6 Å². The molecule has 0 unspecified atom stereocenters. The second-order valence-corrected chi connectivity index (χ2v) is 8.03. The highest BCUT2D eigenvalue weighted by atomic mass is 32.2. The first-order chi connectivity index (χ1) is 14.4. The summed E-state index contributed by atoms with van der Waals surface area (Å²) in [5.74, 6) is -1.08. The highest BCUT2D eigenvalue weighted by molar-refractivity contribution is 8.00. The Morgan fingerprint density at radius 1 is 1.03 bits per heavy atom. The lowest BCUT2D eigenvalue weighted by Gasteiger charge is -2.25. The number of carbonyl (C=O) groups excluding carboxylic acids is 2. The molecule has 152 valence electrons. The van der Waals surface area contributed by atoms with Crippen molar-refractivity contribution in [3.05, 3.63) is 95.1 Å². The molecule has 0 saturated carbocycles. The molecule has 4 nitrogen and oxygen atoms in total. The molecule has 3 aromatic rings. The fourth-order valence-electron chi connectivity index (χ4n) is 3.27. The molecule has 4 rings (SSSR count). The Kier molecular flexibility index (Phi) is 5.55. The summed E-state index contributed by atoms with van der Waals surface area (Å²) in [5.41, 5.74) is 2.87. The molecule has 1 aliphatic rings. The Bertz CT molecular complexity index is 1100. The van der Waals surface area contributed by atoms with E-state index in [4.69, 9.17) is 0 Å². The molecule has 0 aromatic heterocycles. The van der Waals surface area contributed by atoms with Crippen LogP contribution in [0.5, 0.6) is 0 Å². The van der Waals surface area contributed by atoms with Gasteiger partial charge in [0.15, 0.2) is 0 Å². The SMILES string of the molecule is Cc1ccc(F)c(N2C(=O)CS[C@@H]2c2ccc(NC(=O)c3ccc(F)cc3)cc2)c1. The molecule has 1 heterocycles. The van der Waals surface area contributed by atoms with Gasteiger partial charge in [-0.05, 0) is 66.6 Å². The minimum atomic E-state index is -0.440. The molecule has 1 fully saturated rings. The summed E-state index contributed by atoms with van der Waals surface area (Å²) in [6, 6.07) is 17.0. The lowest BCUT2D eigenvalue weighted by atomic mass is 10.1. The second kappa shape index (κ2) is 8.28. The number of thioether (sulfide) groups is 1. The molecular formula is C23H18F2N2O2S. The average molecular weight is 424 g/mol. The number of nitrogens with one attached hydrogen (secondary N) is 1. The number of aryl methyl sites for hydroxylation is 1. The minimum absolute atomic E-state index is 0.150. The molecule has 3 aromatic carbocycles. The number of benzene rings is 3. The molecule has 1 saturated heterocycles. The van der Waals surface area contributed by atoms with E-state index in [0.29, 0.717) is 11.3 Å². The number of amides is 2. The summed E-state index contributed by atoms with van der Waals surface area (Å²) in [4.78, 5) is 26.2. The predicted molar refractivity (Wildman–Crippen MR) is 115 cm³/mol. The third-order valence-corrected chi connectivity index (χ3v) is 6.00. The quantitative estimate of drug-likeness (QED) is 0.618. The monoisotopic (exact) mass is 424 g/mol. The summed E-state index contributed by atoms with van der Waals surface area (Å²) in [5, 5.41) is 2.40. The smallest absolute Gasteiger partial charge is 0.255 e. The Labute approximate surface area is 176 Å². The maximum absolute atomic E-state index is 14.4. The molecule has 30 heavy (non-hydrogen) atoms. The van der Waals surface area contributed by atoms with E-state index in [9.17, 15) is 18.4 Å². The highest BCUT2D eigenvalue weighted by Gasteiger charge is 2.35. The van der Waals surface area contributed by atoms with Crippen molar-refractivity contribution in [1.82, 2.24) is 0 Å². The van der Waals surface area contributed by atoms with Crippen molar-refractivity contribution < 1.29 is 18.4 Å². The number of anilines is 2. The van der Waals surface area contributed by atoms with Crippen LogP contribution >= 0.6 is 11.8 Å². The lowest BCUT2D eigenvalue weighted by molar-refractivity contribution is -0.115. The van der Waals surface area contributed by atoms with Crippen molar-refractivity contribution in [2.45, 2.75) is 12.3 Å². The van der Waals surface area contributed by atoms with Crippen LogP contribution < -0.4 is 10.2 Å². The van der Waals surface area contributed by atoms with E-state index in [0.717, 1.165) is 11.1 Å². The summed E-state index contributed by atoms with van der Waals surface area (Å²) in [6.07, 6.45) is 0. The van der Waals surface area contributed by atoms with Gasteiger partial charge in [0.05, 0.1) is 11.4 Å². The third-order valence-electron chi connectivity index (χ3n) is 4.79. The van der Waals surface area contributed by atoms with Crippen LogP contribution in [-0.2, 0) is 4.79 Å². The molecule has 7 heteroatoms. The molecule has 1 aliphatic heterocycles. The topological polar surface area (TPSA) is 49.4 Å². The Morgan fingerprint density at radius 3 is 2.43 bits per heavy atom. The minimum Gasteiger partial charge on any atom is -0.322 e. The maximum Gasteiger partial charge on any atom is 0.255 e. The van der Waals surface area contributed by atoms with E-state index in [-0.39, 0.29) is 28.6 Å².